The Bertz CT molecular complexity index is 1290. The van der Waals surface area contributed by atoms with Gasteiger partial charge in [0.15, 0.2) is 5.16 Å². The Morgan fingerprint density at radius 1 is 1.18 bits per heavy atom. The van der Waals surface area contributed by atoms with Crippen molar-refractivity contribution in [1.82, 2.24) is 13.9 Å². The summed E-state index contributed by atoms with van der Waals surface area (Å²) in [6.07, 6.45) is 0. The summed E-state index contributed by atoms with van der Waals surface area (Å²) in [6.45, 7) is 6.82. The van der Waals surface area contributed by atoms with Crippen LogP contribution in [-0.4, -0.2) is 51.9 Å². The average Bonchev–Trinajstić information content (AvgIpc) is 3.15. The Hall–Kier alpha value is -2.96. The van der Waals surface area contributed by atoms with Crippen LogP contribution in [0.1, 0.15) is 20.8 Å². The summed E-state index contributed by atoms with van der Waals surface area (Å²) in [6, 6.07) is 10.8. The molecule has 2 aromatic carbocycles. The number of imidazole rings is 1. The molecule has 176 valence electrons. The molecule has 1 heterocycles. The highest BCUT2D eigenvalue weighted by molar-refractivity contribution is 7.99. The molecule has 0 radical (unpaired) electrons. The standard InChI is InChI=1S/C21H25N5O5S2/c1-4-24(5-2)33(30,31)15-11-12-18-17(13-15)23-21(25(18)6-3)32-14-20(27)22-16-9-7-8-10-19(16)26(28)29/h7-13H,4-6,14H2,1-3H3,(H,22,27). The van der Waals surface area contributed by atoms with Crippen LogP contribution in [-0.2, 0) is 21.4 Å². The van der Waals surface area contributed by atoms with Gasteiger partial charge in [-0.3, -0.25) is 14.9 Å². The molecule has 0 saturated heterocycles. The Kier molecular flexibility index (Phi) is 7.72. The lowest BCUT2D eigenvalue weighted by molar-refractivity contribution is -0.383. The number of nitro benzene ring substituents is 1. The summed E-state index contributed by atoms with van der Waals surface area (Å²) in [7, 11) is -3.62. The number of hydrogen-bond acceptors (Lipinski definition) is 7. The molecule has 0 aliphatic rings. The van der Waals surface area contributed by atoms with Crippen LogP contribution in [0.5, 0.6) is 0 Å². The van der Waals surface area contributed by atoms with Crippen molar-refractivity contribution < 1.29 is 18.1 Å². The fourth-order valence-corrected chi connectivity index (χ4v) is 5.79. The minimum Gasteiger partial charge on any atom is -0.320 e. The van der Waals surface area contributed by atoms with E-state index in [0.717, 1.165) is 5.52 Å². The molecule has 0 spiro atoms. The van der Waals surface area contributed by atoms with Gasteiger partial charge in [0.2, 0.25) is 15.9 Å². The molecule has 0 unspecified atom stereocenters. The second-order valence-corrected chi connectivity index (χ2v) is 9.87. The van der Waals surface area contributed by atoms with Gasteiger partial charge in [0.1, 0.15) is 5.69 Å². The van der Waals surface area contributed by atoms with E-state index in [4.69, 9.17) is 0 Å². The number of sulfonamides is 1. The van der Waals surface area contributed by atoms with E-state index in [9.17, 15) is 23.3 Å². The van der Waals surface area contributed by atoms with Crippen molar-refractivity contribution >= 4 is 50.1 Å². The molecule has 3 rings (SSSR count). The fourth-order valence-electron chi connectivity index (χ4n) is 3.43. The zero-order valence-corrected chi connectivity index (χ0v) is 20.1. The first-order chi connectivity index (χ1) is 15.7. The second-order valence-electron chi connectivity index (χ2n) is 6.99. The van der Waals surface area contributed by atoms with Crippen LogP contribution in [0.15, 0.2) is 52.5 Å². The van der Waals surface area contributed by atoms with Crippen molar-refractivity contribution in [3.63, 3.8) is 0 Å². The van der Waals surface area contributed by atoms with Crippen LogP contribution in [0, 0.1) is 10.1 Å². The predicted molar refractivity (Wildman–Crippen MR) is 128 cm³/mol. The van der Waals surface area contributed by atoms with Crippen molar-refractivity contribution in [1.29, 1.82) is 0 Å². The average molecular weight is 492 g/mol. The molecular weight excluding hydrogens is 466 g/mol. The number of nitro groups is 1. The predicted octanol–water partition coefficient (Wildman–Crippen LogP) is 3.73. The second kappa shape index (κ2) is 10.3. The van der Waals surface area contributed by atoms with Gasteiger partial charge in [-0.1, -0.05) is 37.7 Å². The number of para-hydroxylation sites is 2. The van der Waals surface area contributed by atoms with Crippen LogP contribution in [0.4, 0.5) is 11.4 Å². The van der Waals surface area contributed by atoms with Crippen molar-refractivity contribution in [2.75, 3.05) is 24.2 Å². The lowest BCUT2D eigenvalue weighted by Crippen LogP contribution is -2.30. The van der Waals surface area contributed by atoms with Crippen LogP contribution in [0.25, 0.3) is 11.0 Å². The highest BCUT2D eigenvalue weighted by Crippen LogP contribution is 2.28. The number of aryl methyl sites for hydroxylation is 1. The van der Waals surface area contributed by atoms with Crippen LogP contribution >= 0.6 is 11.8 Å². The summed E-state index contributed by atoms with van der Waals surface area (Å²) in [5.74, 6) is -0.422. The maximum Gasteiger partial charge on any atom is 0.292 e. The maximum absolute atomic E-state index is 12.8. The number of hydrogen-bond donors (Lipinski definition) is 1. The molecule has 1 amide bonds. The molecule has 0 aliphatic carbocycles. The van der Waals surface area contributed by atoms with E-state index in [-0.39, 0.29) is 22.0 Å². The topological polar surface area (TPSA) is 127 Å². The molecule has 0 atom stereocenters. The first kappa shape index (κ1) is 24.7. The number of thioether (sulfide) groups is 1. The van der Waals surface area contributed by atoms with E-state index in [1.165, 1.54) is 34.3 Å². The molecule has 0 aliphatic heterocycles. The van der Waals surface area contributed by atoms with Gasteiger partial charge in [0.25, 0.3) is 5.69 Å². The Morgan fingerprint density at radius 3 is 2.52 bits per heavy atom. The van der Waals surface area contributed by atoms with Crippen LogP contribution in [0.2, 0.25) is 0 Å². The van der Waals surface area contributed by atoms with Crippen molar-refractivity contribution in [3.05, 3.63) is 52.6 Å². The van der Waals surface area contributed by atoms with Crippen LogP contribution < -0.4 is 5.32 Å². The van der Waals surface area contributed by atoms with Gasteiger partial charge in [0, 0.05) is 25.7 Å². The van der Waals surface area contributed by atoms with Crippen molar-refractivity contribution in [2.24, 2.45) is 0 Å². The minimum atomic E-state index is -3.62. The number of nitrogens with zero attached hydrogens (tertiary/aromatic N) is 4. The van der Waals surface area contributed by atoms with E-state index in [1.54, 1.807) is 38.1 Å². The maximum atomic E-state index is 12.8. The molecule has 1 aromatic heterocycles. The molecule has 0 saturated carbocycles. The Labute approximate surface area is 196 Å². The van der Waals surface area contributed by atoms with Gasteiger partial charge in [-0.2, -0.15) is 4.31 Å². The highest BCUT2D eigenvalue weighted by Gasteiger charge is 2.23. The number of anilines is 1. The first-order valence-electron chi connectivity index (χ1n) is 10.4. The van der Waals surface area contributed by atoms with Gasteiger partial charge < -0.3 is 9.88 Å². The molecule has 10 nitrogen and oxygen atoms in total. The molecule has 33 heavy (non-hydrogen) atoms. The first-order valence-corrected chi connectivity index (χ1v) is 12.8. The fraction of sp³-hybridized carbons (Fsp3) is 0.333. The van der Waals surface area contributed by atoms with Crippen molar-refractivity contribution in [3.8, 4) is 0 Å². The third-order valence-corrected chi connectivity index (χ3v) is 8.07. The lowest BCUT2D eigenvalue weighted by atomic mass is 10.2. The molecular formula is C21H25N5O5S2. The third kappa shape index (κ3) is 5.18. The summed E-state index contributed by atoms with van der Waals surface area (Å²) in [5.41, 5.74) is 1.23. The van der Waals surface area contributed by atoms with Crippen molar-refractivity contribution in [2.45, 2.75) is 37.4 Å². The van der Waals surface area contributed by atoms with E-state index >= 15 is 0 Å². The van der Waals surface area contributed by atoms with E-state index in [2.05, 4.69) is 10.3 Å². The summed E-state index contributed by atoms with van der Waals surface area (Å²) < 4.78 is 29.0. The number of rotatable bonds is 10. The van der Waals surface area contributed by atoms with E-state index in [1.807, 2.05) is 11.5 Å². The molecule has 3 aromatic rings. The highest BCUT2D eigenvalue weighted by atomic mass is 32.2. The molecule has 12 heteroatoms. The molecule has 0 bridgehead atoms. The Balaban J connectivity index is 1.82. The van der Waals surface area contributed by atoms with Gasteiger partial charge in [-0.15, -0.1) is 0 Å². The summed E-state index contributed by atoms with van der Waals surface area (Å²) >= 11 is 1.18. The van der Waals surface area contributed by atoms with Crippen LogP contribution in [0.3, 0.4) is 0 Å². The molecule has 0 fully saturated rings. The van der Waals surface area contributed by atoms with Gasteiger partial charge in [0.05, 0.1) is 26.6 Å². The monoisotopic (exact) mass is 491 g/mol. The zero-order valence-electron chi connectivity index (χ0n) is 18.5. The largest absolute Gasteiger partial charge is 0.320 e. The quantitative estimate of drug-likeness (QED) is 0.260. The number of carbonyl (C=O) groups is 1. The van der Waals surface area contributed by atoms with Gasteiger partial charge >= 0.3 is 0 Å². The Morgan fingerprint density at radius 2 is 1.88 bits per heavy atom. The van der Waals surface area contributed by atoms with E-state index < -0.39 is 20.9 Å². The third-order valence-electron chi connectivity index (χ3n) is 5.05. The van der Waals surface area contributed by atoms with Gasteiger partial charge in [-0.25, -0.2) is 13.4 Å². The number of amides is 1. The SMILES string of the molecule is CCN(CC)S(=O)(=O)c1ccc2c(c1)nc(SCC(=O)Nc1ccccc1[N+](=O)[O-])n2CC. The molecule has 1 N–H and O–H groups in total. The zero-order chi connectivity index (χ0) is 24.2. The number of benzene rings is 2. The number of nitrogens with one attached hydrogen (secondary N) is 1. The lowest BCUT2D eigenvalue weighted by Gasteiger charge is -2.18. The summed E-state index contributed by atoms with van der Waals surface area (Å²) in [4.78, 5) is 27.7. The number of aromatic nitrogens is 2. The number of fused-ring (bicyclic) bond motifs is 1. The minimum absolute atomic E-state index is 0.0139. The summed E-state index contributed by atoms with van der Waals surface area (Å²) in [5, 5.41) is 14.3. The smallest absolute Gasteiger partial charge is 0.292 e. The van der Waals surface area contributed by atoms with E-state index in [0.29, 0.717) is 30.3 Å². The normalized spacial score (nSPS) is 11.8. The van der Waals surface area contributed by atoms with Gasteiger partial charge in [-0.05, 0) is 31.2 Å². The number of carbonyl (C=O) groups excluding carboxylic acids is 1.